The van der Waals surface area contributed by atoms with E-state index in [2.05, 4.69) is 15.1 Å². The fourth-order valence-corrected chi connectivity index (χ4v) is 0.946. The molecule has 1 aromatic heterocycles. The van der Waals surface area contributed by atoms with Crippen molar-refractivity contribution in [1.82, 2.24) is 9.78 Å². The fraction of sp³-hybridized carbons (Fsp3) is 0.429. The van der Waals surface area contributed by atoms with Crippen molar-refractivity contribution < 1.29 is 9.53 Å². The van der Waals surface area contributed by atoms with Crippen LogP contribution in [0.15, 0.2) is 11.3 Å². The van der Waals surface area contributed by atoms with E-state index < -0.39 is 5.97 Å². The molecule has 1 aromatic rings. The lowest BCUT2D eigenvalue weighted by Gasteiger charge is -1.97. The topological polar surface area (TPSA) is 92.9 Å². The van der Waals surface area contributed by atoms with Gasteiger partial charge in [-0.05, 0) is 17.6 Å². The molecule has 0 aliphatic heterocycles. The summed E-state index contributed by atoms with van der Waals surface area (Å²) in [4.78, 5) is 13.9. The Morgan fingerprint density at radius 3 is 3.14 bits per heavy atom. The number of carbonyl (C=O) groups excluding carboxylic acids is 1. The monoisotopic (exact) mass is 195 g/mol. The number of carbonyl (C=O) groups is 1. The van der Waals surface area contributed by atoms with Crippen molar-refractivity contribution in [3.8, 4) is 0 Å². The maximum absolute atomic E-state index is 11.3. The summed E-state index contributed by atoms with van der Waals surface area (Å²) in [5.74, 6) is -0.503. The van der Waals surface area contributed by atoms with Crippen molar-refractivity contribution >= 4 is 11.8 Å². The molecule has 0 N–H and O–H groups in total. The fourth-order valence-electron chi connectivity index (χ4n) is 0.946. The van der Waals surface area contributed by atoms with Crippen LogP contribution in [-0.2, 0) is 11.8 Å². The Morgan fingerprint density at radius 1 is 1.86 bits per heavy atom. The molecule has 0 saturated carbocycles. The number of esters is 1. The van der Waals surface area contributed by atoms with Crippen molar-refractivity contribution in [3.05, 3.63) is 22.2 Å². The van der Waals surface area contributed by atoms with Gasteiger partial charge in [-0.2, -0.15) is 5.10 Å². The third-order valence-electron chi connectivity index (χ3n) is 1.44. The number of hydrogen-bond acceptors (Lipinski definition) is 4. The van der Waals surface area contributed by atoms with Crippen LogP contribution in [0.3, 0.4) is 0 Å². The molecule has 0 unspecified atom stereocenters. The Kier molecular flexibility index (Phi) is 3.09. The maximum atomic E-state index is 11.3. The molecule has 0 aromatic carbocycles. The van der Waals surface area contributed by atoms with E-state index >= 15 is 0 Å². The molecule has 74 valence electrons. The van der Waals surface area contributed by atoms with Crippen LogP contribution in [0.4, 0.5) is 5.82 Å². The highest BCUT2D eigenvalue weighted by Gasteiger charge is 2.14. The smallest absolute Gasteiger partial charge is 0.341 e. The first-order valence-electron chi connectivity index (χ1n) is 3.95. The third kappa shape index (κ3) is 2.02. The van der Waals surface area contributed by atoms with Crippen LogP contribution >= 0.6 is 0 Å². The van der Waals surface area contributed by atoms with Gasteiger partial charge in [-0.25, -0.2) is 4.79 Å². The Balaban J connectivity index is 3.05. The van der Waals surface area contributed by atoms with E-state index in [0.717, 1.165) is 0 Å². The molecule has 0 atom stereocenters. The average Bonchev–Trinajstić information content (AvgIpc) is 2.48. The van der Waals surface area contributed by atoms with Crippen LogP contribution in [-0.4, -0.2) is 22.4 Å². The second-order valence-electron chi connectivity index (χ2n) is 2.45. The first kappa shape index (κ1) is 10.1. The maximum Gasteiger partial charge on any atom is 0.341 e. The zero-order valence-electron chi connectivity index (χ0n) is 7.84. The van der Waals surface area contributed by atoms with E-state index in [4.69, 9.17) is 10.3 Å². The standard InChI is InChI=1S/C7H9N5O2/c1-3-14-7(13)5-4-12(2)10-6(5)9-11-8/h4H,3H2,1-2H3. The van der Waals surface area contributed by atoms with E-state index in [1.807, 2.05) is 0 Å². The van der Waals surface area contributed by atoms with E-state index in [1.165, 1.54) is 10.9 Å². The highest BCUT2D eigenvalue weighted by molar-refractivity contribution is 5.93. The molecule has 0 saturated heterocycles. The molecule has 0 aliphatic rings. The lowest BCUT2D eigenvalue weighted by atomic mass is 10.3. The molecule has 14 heavy (non-hydrogen) atoms. The number of nitrogens with zero attached hydrogens (tertiary/aromatic N) is 5. The molecule has 7 nitrogen and oxygen atoms in total. The van der Waals surface area contributed by atoms with Gasteiger partial charge in [0.25, 0.3) is 0 Å². The van der Waals surface area contributed by atoms with E-state index in [0.29, 0.717) is 0 Å². The summed E-state index contributed by atoms with van der Waals surface area (Å²) in [6.45, 7) is 1.96. The molecule has 0 spiro atoms. The van der Waals surface area contributed by atoms with Gasteiger partial charge < -0.3 is 4.74 Å². The van der Waals surface area contributed by atoms with Gasteiger partial charge >= 0.3 is 5.97 Å². The van der Waals surface area contributed by atoms with Crippen LogP contribution in [0.25, 0.3) is 10.4 Å². The minimum absolute atomic E-state index is 0.0356. The number of azide groups is 1. The average molecular weight is 195 g/mol. The van der Waals surface area contributed by atoms with E-state index in [-0.39, 0.29) is 18.0 Å². The van der Waals surface area contributed by atoms with Gasteiger partial charge in [-0.3, -0.25) is 4.68 Å². The molecule has 1 rings (SSSR count). The summed E-state index contributed by atoms with van der Waals surface area (Å²) in [6, 6.07) is 0. The van der Waals surface area contributed by atoms with Gasteiger partial charge in [-0.15, -0.1) is 0 Å². The Bertz CT molecular complexity index is 391. The predicted molar refractivity (Wildman–Crippen MR) is 48.0 cm³/mol. The van der Waals surface area contributed by atoms with Gasteiger partial charge in [0.05, 0.1) is 6.61 Å². The van der Waals surface area contributed by atoms with E-state index in [1.54, 1.807) is 14.0 Å². The molecule has 0 aliphatic carbocycles. The highest BCUT2D eigenvalue weighted by Crippen LogP contribution is 2.17. The van der Waals surface area contributed by atoms with Crippen molar-refractivity contribution in [2.45, 2.75) is 6.92 Å². The number of hydrogen-bond donors (Lipinski definition) is 0. The molecular weight excluding hydrogens is 186 g/mol. The minimum atomic E-state index is -0.539. The Morgan fingerprint density at radius 2 is 2.57 bits per heavy atom. The molecule has 0 amide bonds. The largest absolute Gasteiger partial charge is 0.462 e. The van der Waals surface area contributed by atoms with Gasteiger partial charge in [0.2, 0.25) is 0 Å². The lowest BCUT2D eigenvalue weighted by molar-refractivity contribution is 0.0527. The first-order chi connectivity index (χ1) is 6.69. The van der Waals surface area contributed by atoms with Crippen LogP contribution in [0, 0.1) is 0 Å². The lowest BCUT2D eigenvalue weighted by Crippen LogP contribution is -2.03. The Labute approximate surface area is 79.9 Å². The second-order valence-corrected chi connectivity index (χ2v) is 2.45. The molecule has 0 radical (unpaired) electrons. The summed E-state index contributed by atoms with van der Waals surface area (Å²) in [7, 11) is 1.62. The van der Waals surface area contributed by atoms with Crippen LogP contribution in [0.5, 0.6) is 0 Å². The summed E-state index contributed by atoms with van der Waals surface area (Å²) in [6.07, 6.45) is 1.45. The summed E-state index contributed by atoms with van der Waals surface area (Å²) >= 11 is 0. The number of aromatic nitrogens is 2. The van der Waals surface area contributed by atoms with Gasteiger partial charge in [0.1, 0.15) is 5.56 Å². The number of aryl methyl sites for hydroxylation is 1. The predicted octanol–water partition coefficient (Wildman–Crippen LogP) is 1.54. The molecule has 7 heteroatoms. The van der Waals surface area contributed by atoms with E-state index in [9.17, 15) is 4.79 Å². The zero-order valence-corrected chi connectivity index (χ0v) is 7.84. The summed E-state index contributed by atoms with van der Waals surface area (Å²) < 4.78 is 6.14. The normalized spacial score (nSPS) is 9.29. The van der Waals surface area contributed by atoms with Crippen LogP contribution < -0.4 is 0 Å². The summed E-state index contributed by atoms with van der Waals surface area (Å²) in [5, 5.41) is 7.08. The minimum Gasteiger partial charge on any atom is -0.462 e. The molecular formula is C7H9N5O2. The number of ether oxygens (including phenoxy) is 1. The van der Waals surface area contributed by atoms with Crippen molar-refractivity contribution in [2.75, 3.05) is 6.61 Å². The second kappa shape index (κ2) is 4.29. The van der Waals surface area contributed by atoms with Gasteiger partial charge in [0.15, 0.2) is 5.82 Å². The third-order valence-corrected chi connectivity index (χ3v) is 1.44. The first-order valence-corrected chi connectivity index (χ1v) is 3.95. The Hall–Kier alpha value is -2.01. The van der Waals surface area contributed by atoms with Gasteiger partial charge in [-0.1, -0.05) is 0 Å². The van der Waals surface area contributed by atoms with Crippen LogP contribution in [0.2, 0.25) is 0 Å². The van der Waals surface area contributed by atoms with Crippen molar-refractivity contribution in [1.29, 1.82) is 0 Å². The number of rotatable bonds is 3. The van der Waals surface area contributed by atoms with Crippen molar-refractivity contribution in [3.63, 3.8) is 0 Å². The summed E-state index contributed by atoms with van der Waals surface area (Å²) in [5.41, 5.74) is 8.40. The molecule has 0 bridgehead atoms. The van der Waals surface area contributed by atoms with Crippen molar-refractivity contribution in [2.24, 2.45) is 12.2 Å². The van der Waals surface area contributed by atoms with Crippen LogP contribution in [0.1, 0.15) is 17.3 Å². The molecule has 1 heterocycles. The van der Waals surface area contributed by atoms with Gasteiger partial charge in [0, 0.05) is 18.2 Å². The highest BCUT2D eigenvalue weighted by atomic mass is 16.5. The molecule has 0 fully saturated rings. The zero-order chi connectivity index (χ0) is 10.6. The quantitative estimate of drug-likeness (QED) is 0.317. The SMILES string of the molecule is CCOC(=O)c1cn(C)nc1N=[N+]=[N-].